The first-order chi connectivity index (χ1) is 14.0. The Balaban J connectivity index is 2.24. The van der Waals surface area contributed by atoms with Crippen molar-refractivity contribution in [2.75, 3.05) is 0 Å². The molecule has 0 saturated carbocycles. The Morgan fingerprint density at radius 1 is 0.900 bits per heavy atom. The van der Waals surface area contributed by atoms with Crippen LogP contribution in [0.5, 0.6) is 0 Å². The number of allylic oxidation sites excluding steroid dienone is 5. The van der Waals surface area contributed by atoms with E-state index in [2.05, 4.69) is 51.8 Å². The Morgan fingerprint density at radius 2 is 1.53 bits per heavy atom. The van der Waals surface area contributed by atoms with Gasteiger partial charge in [-0.25, -0.2) is 0 Å². The highest BCUT2D eigenvalue weighted by molar-refractivity contribution is 6.12. The number of rotatable bonds is 3. The second-order valence-corrected chi connectivity index (χ2v) is 9.77. The molecule has 0 unspecified atom stereocenters. The maximum absolute atomic E-state index is 13.3. The fourth-order valence-corrected chi connectivity index (χ4v) is 3.34. The molecule has 0 radical (unpaired) electrons. The van der Waals surface area contributed by atoms with Crippen LogP contribution in [0.1, 0.15) is 52.9 Å². The zero-order chi connectivity index (χ0) is 22.1. The van der Waals surface area contributed by atoms with Crippen molar-refractivity contribution in [1.29, 1.82) is 0 Å². The molecule has 0 saturated heterocycles. The van der Waals surface area contributed by atoms with E-state index in [1.165, 1.54) is 0 Å². The second kappa shape index (κ2) is 8.02. The van der Waals surface area contributed by atoms with E-state index >= 15 is 0 Å². The molecule has 1 aromatic heterocycles. The molecule has 1 aliphatic rings. The molecule has 1 aliphatic carbocycles. The lowest BCUT2D eigenvalue weighted by Gasteiger charge is -2.31. The third-order valence-corrected chi connectivity index (χ3v) is 5.00. The van der Waals surface area contributed by atoms with Gasteiger partial charge in [-0.1, -0.05) is 53.7 Å². The molecule has 1 heterocycles. The summed E-state index contributed by atoms with van der Waals surface area (Å²) in [4.78, 5) is 13.3. The predicted octanol–water partition coefficient (Wildman–Crippen LogP) is 7.61. The van der Waals surface area contributed by atoms with Crippen LogP contribution in [-0.2, 0) is 4.79 Å². The third-order valence-electron chi connectivity index (χ3n) is 5.00. The normalized spacial score (nSPS) is 15.4. The van der Waals surface area contributed by atoms with Crippen molar-refractivity contribution in [2.45, 2.75) is 48.5 Å². The summed E-state index contributed by atoms with van der Waals surface area (Å²) in [7, 11) is 0. The summed E-state index contributed by atoms with van der Waals surface area (Å²) in [5, 5.41) is 9.03. The van der Waals surface area contributed by atoms with Gasteiger partial charge in [0, 0.05) is 16.7 Å². The van der Waals surface area contributed by atoms with E-state index < -0.39 is 0 Å². The van der Waals surface area contributed by atoms with Gasteiger partial charge in [0.15, 0.2) is 11.5 Å². The summed E-state index contributed by atoms with van der Waals surface area (Å²) in [6, 6.07) is 11.6. The van der Waals surface area contributed by atoms with Crippen LogP contribution in [0.4, 0.5) is 5.69 Å². The van der Waals surface area contributed by atoms with Gasteiger partial charge in [0.1, 0.15) is 5.70 Å². The zero-order valence-corrected chi connectivity index (χ0v) is 18.9. The molecule has 0 atom stereocenters. The number of carbonyl (C=O) groups excluding carboxylic acids is 1. The highest BCUT2D eigenvalue weighted by atomic mass is 16.3. The number of hydrogen-bond donors (Lipinski definition) is 0. The Hall–Kier alpha value is -3.01. The van der Waals surface area contributed by atoms with Crippen molar-refractivity contribution in [2.24, 2.45) is 21.1 Å². The van der Waals surface area contributed by atoms with Gasteiger partial charge in [-0.15, -0.1) is 5.11 Å². The molecular weight excluding hydrogens is 372 g/mol. The number of azo groups is 1. The van der Waals surface area contributed by atoms with E-state index in [1.807, 2.05) is 55.5 Å². The van der Waals surface area contributed by atoms with E-state index in [9.17, 15) is 4.79 Å². The molecule has 0 aliphatic heterocycles. The average molecular weight is 403 g/mol. The quantitative estimate of drug-likeness (QED) is 0.496. The van der Waals surface area contributed by atoms with Crippen LogP contribution in [0.25, 0.3) is 5.70 Å². The first-order valence-electron chi connectivity index (χ1n) is 10.2. The minimum absolute atomic E-state index is 0.0909. The molecule has 4 heteroatoms. The molecule has 2 aromatic rings. The summed E-state index contributed by atoms with van der Waals surface area (Å²) in [5.41, 5.74) is 4.26. The lowest BCUT2D eigenvalue weighted by atomic mass is 9.71. The van der Waals surface area contributed by atoms with Crippen molar-refractivity contribution < 1.29 is 9.21 Å². The van der Waals surface area contributed by atoms with Crippen LogP contribution >= 0.6 is 0 Å². The molecule has 0 amide bonds. The smallest absolute Gasteiger partial charge is 0.186 e. The second-order valence-electron chi connectivity index (χ2n) is 9.77. The third kappa shape index (κ3) is 4.76. The Bertz CT molecular complexity index is 1030. The molecule has 3 rings (SSSR count). The number of furan rings is 1. The van der Waals surface area contributed by atoms with Gasteiger partial charge in [-0.05, 0) is 59.7 Å². The maximum Gasteiger partial charge on any atom is 0.186 e. The SMILES string of the molecule is Cc1cccc(N=NC(=C2C=C(C(C)(C)C)C(=O)C(C(C)(C)C)=C2)c2ccco2)c1. The largest absolute Gasteiger partial charge is 0.463 e. The monoisotopic (exact) mass is 402 g/mol. The Labute approximate surface area is 179 Å². The Morgan fingerprint density at radius 3 is 2.03 bits per heavy atom. The maximum atomic E-state index is 13.3. The summed E-state index contributed by atoms with van der Waals surface area (Å²) in [6.45, 7) is 14.4. The molecular formula is C26H30N2O2. The minimum Gasteiger partial charge on any atom is -0.463 e. The van der Waals surface area contributed by atoms with Gasteiger partial charge < -0.3 is 4.42 Å². The number of nitrogens with zero attached hydrogens (tertiary/aromatic N) is 2. The molecule has 30 heavy (non-hydrogen) atoms. The topological polar surface area (TPSA) is 54.9 Å². The minimum atomic E-state index is -0.297. The fourth-order valence-electron chi connectivity index (χ4n) is 3.34. The molecule has 4 nitrogen and oxygen atoms in total. The lowest BCUT2D eigenvalue weighted by Crippen LogP contribution is -2.28. The van der Waals surface area contributed by atoms with Gasteiger partial charge in [0.05, 0.1) is 12.0 Å². The van der Waals surface area contributed by atoms with Crippen LogP contribution < -0.4 is 0 Å². The van der Waals surface area contributed by atoms with Gasteiger partial charge in [-0.2, -0.15) is 5.11 Å². The zero-order valence-electron chi connectivity index (χ0n) is 18.9. The number of carbonyl (C=O) groups is 1. The van der Waals surface area contributed by atoms with Crippen LogP contribution in [-0.4, -0.2) is 5.78 Å². The van der Waals surface area contributed by atoms with E-state index in [1.54, 1.807) is 6.26 Å². The summed E-state index contributed by atoms with van der Waals surface area (Å²) >= 11 is 0. The van der Waals surface area contributed by atoms with Crippen LogP contribution in [0.2, 0.25) is 0 Å². The molecule has 0 N–H and O–H groups in total. The van der Waals surface area contributed by atoms with Gasteiger partial charge >= 0.3 is 0 Å². The first-order valence-corrected chi connectivity index (χ1v) is 10.2. The van der Waals surface area contributed by atoms with Crippen LogP contribution in [0.3, 0.4) is 0 Å². The Kier molecular flexibility index (Phi) is 5.80. The molecule has 0 spiro atoms. The van der Waals surface area contributed by atoms with E-state index in [-0.39, 0.29) is 16.6 Å². The average Bonchev–Trinajstić information content (AvgIpc) is 3.15. The van der Waals surface area contributed by atoms with Crippen molar-refractivity contribution in [1.82, 2.24) is 0 Å². The number of benzene rings is 1. The molecule has 0 bridgehead atoms. The standard InChI is InChI=1S/C26H30N2O2/c1-17-10-8-11-19(14-17)27-28-23(22-12-9-13-30-22)18-15-20(25(2,3)4)24(29)21(16-18)26(5,6)7/h8-16H,1-7H3. The fraction of sp³-hybridized carbons (Fsp3) is 0.346. The first kappa shape index (κ1) is 21.7. The molecule has 0 fully saturated rings. The van der Waals surface area contributed by atoms with Gasteiger partial charge in [-0.3, -0.25) is 4.79 Å². The summed E-state index contributed by atoms with van der Waals surface area (Å²) in [5.74, 6) is 0.706. The van der Waals surface area contributed by atoms with Gasteiger partial charge in [0.25, 0.3) is 0 Å². The predicted molar refractivity (Wildman–Crippen MR) is 121 cm³/mol. The van der Waals surface area contributed by atoms with E-state index in [0.717, 1.165) is 28.0 Å². The van der Waals surface area contributed by atoms with Crippen LogP contribution in [0.15, 0.2) is 86.2 Å². The van der Waals surface area contributed by atoms with Crippen molar-refractivity contribution >= 4 is 17.2 Å². The number of hydrogen-bond acceptors (Lipinski definition) is 4. The van der Waals surface area contributed by atoms with Crippen molar-refractivity contribution in [3.8, 4) is 0 Å². The number of ketones is 1. The number of aryl methyl sites for hydroxylation is 1. The number of Topliss-reactive ketones (excluding diaryl/α,β-unsaturated/α-hetero) is 1. The molecule has 1 aromatic carbocycles. The van der Waals surface area contributed by atoms with E-state index in [4.69, 9.17) is 4.42 Å². The highest BCUT2D eigenvalue weighted by Gasteiger charge is 2.34. The van der Waals surface area contributed by atoms with Crippen molar-refractivity contribution in [3.05, 3.63) is 82.9 Å². The highest BCUT2D eigenvalue weighted by Crippen LogP contribution is 2.41. The lowest BCUT2D eigenvalue weighted by molar-refractivity contribution is -0.114. The molecule has 156 valence electrons. The van der Waals surface area contributed by atoms with E-state index in [0.29, 0.717) is 11.5 Å². The summed E-state index contributed by atoms with van der Waals surface area (Å²) < 4.78 is 5.67. The van der Waals surface area contributed by atoms with Crippen LogP contribution in [0, 0.1) is 17.8 Å². The summed E-state index contributed by atoms with van der Waals surface area (Å²) in [6.07, 6.45) is 5.49. The van der Waals surface area contributed by atoms with Gasteiger partial charge in [0.2, 0.25) is 0 Å². The van der Waals surface area contributed by atoms with Crippen molar-refractivity contribution in [3.63, 3.8) is 0 Å².